The van der Waals surface area contributed by atoms with E-state index in [0.717, 1.165) is 57.0 Å². The summed E-state index contributed by atoms with van der Waals surface area (Å²) in [6.07, 6.45) is 4.63. The summed E-state index contributed by atoms with van der Waals surface area (Å²) in [7, 11) is 0. The minimum atomic E-state index is -0.0124. The molecular formula is C25H43IN4O2. The summed E-state index contributed by atoms with van der Waals surface area (Å²) in [5.74, 6) is 1.28. The molecule has 7 heteroatoms. The van der Waals surface area contributed by atoms with Gasteiger partial charge in [-0.1, -0.05) is 46.2 Å². The van der Waals surface area contributed by atoms with Crippen molar-refractivity contribution < 1.29 is 9.53 Å². The molecular weight excluding hydrogens is 515 g/mol. The maximum atomic E-state index is 12.1. The van der Waals surface area contributed by atoms with Gasteiger partial charge in [0, 0.05) is 37.7 Å². The highest BCUT2D eigenvalue weighted by atomic mass is 127. The van der Waals surface area contributed by atoms with Crippen molar-refractivity contribution in [1.82, 2.24) is 16.0 Å². The highest BCUT2D eigenvalue weighted by Gasteiger charge is 2.35. The maximum Gasteiger partial charge on any atom is 0.251 e. The van der Waals surface area contributed by atoms with Crippen LogP contribution in [0.15, 0.2) is 29.3 Å². The van der Waals surface area contributed by atoms with Crippen LogP contribution < -0.4 is 16.0 Å². The Morgan fingerprint density at radius 2 is 1.84 bits per heavy atom. The summed E-state index contributed by atoms with van der Waals surface area (Å²) in [5.41, 5.74) is 1.91. The van der Waals surface area contributed by atoms with Crippen molar-refractivity contribution in [3.8, 4) is 0 Å². The van der Waals surface area contributed by atoms with E-state index in [1.165, 1.54) is 6.42 Å². The van der Waals surface area contributed by atoms with Crippen LogP contribution in [-0.4, -0.2) is 44.2 Å². The number of ether oxygens (including phenoxy) is 1. The first-order valence-corrected chi connectivity index (χ1v) is 11.9. The average Bonchev–Trinajstić information content (AvgIpc) is 2.75. The molecule has 1 fully saturated rings. The summed E-state index contributed by atoms with van der Waals surface area (Å²) in [5, 5.41) is 9.81. The van der Waals surface area contributed by atoms with Gasteiger partial charge in [-0.15, -0.1) is 24.0 Å². The number of nitrogens with zero attached hydrogens (tertiary/aromatic N) is 1. The SMILES string of the molecule is CCCCNC(=O)c1ccc(CN=C(NCC)NCC2CCCOC2C(C)(C)C)cc1.I. The molecule has 0 aliphatic carbocycles. The van der Waals surface area contributed by atoms with E-state index in [-0.39, 0.29) is 41.4 Å². The second kappa shape index (κ2) is 14.7. The number of aliphatic imine (C=N–C) groups is 1. The lowest BCUT2D eigenvalue weighted by Gasteiger charge is -2.40. The standard InChI is InChI=1S/C25H42N4O2.HI/c1-6-8-15-27-23(30)20-13-11-19(12-14-20)17-28-24(26-7-2)29-18-21-10-9-16-31-22(21)25(3,4)5;/h11-14,21-22H,6-10,15-18H2,1-5H3,(H,27,30)(H2,26,28,29);1H. The number of carbonyl (C=O) groups excluding carboxylic acids is 1. The molecule has 1 aromatic carbocycles. The van der Waals surface area contributed by atoms with Crippen LogP contribution in [-0.2, 0) is 11.3 Å². The predicted octanol–water partition coefficient (Wildman–Crippen LogP) is 4.73. The smallest absolute Gasteiger partial charge is 0.251 e. The molecule has 0 bridgehead atoms. The molecule has 2 rings (SSSR count). The van der Waals surface area contributed by atoms with Gasteiger partial charge in [-0.05, 0) is 49.3 Å². The topological polar surface area (TPSA) is 74.8 Å². The van der Waals surface area contributed by atoms with E-state index in [9.17, 15) is 4.79 Å². The number of halogens is 1. The van der Waals surface area contributed by atoms with E-state index < -0.39 is 0 Å². The van der Waals surface area contributed by atoms with Crippen molar-refractivity contribution >= 4 is 35.8 Å². The van der Waals surface area contributed by atoms with Gasteiger partial charge in [0.05, 0.1) is 12.6 Å². The highest BCUT2D eigenvalue weighted by molar-refractivity contribution is 14.0. The van der Waals surface area contributed by atoms with Gasteiger partial charge in [-0.3, -0.25) is 4.79 Å². The number of carbonyl (C=O) groups is 1. The lowest BCUT2D eigenvalue weighted by atomic mass is 9.78. The number of nitrogens with one attached hydrogen (secondary N) is 3. The van der Waals surface area contributed by atoms with Gasteiger partial charge in [0.25, 0.3) is 5.91 Å². The van der Waals surface area contributed by atoms with Crippen LogP contribution in [0.3, 0.4) is 0 Å². The van der Waals surface area contributed by atoms with Gasteiger partial charge in [-0.2, -0.15) is 0 Å². The van der Waals surface area contributed by atoms with Crippen molar-refractivity contribution in [3.63, 3.8) is 0 Å². The second-order valence-electron chi connectivity index (χ2n) is 9.44. The zero-order chi connectivity index (χ0) is 22.7. The molecule has 1 aliphatic rings. The molecule has 3 N–H and O–H groups in total. The van der Waals surface area contributed by atoms with E-state index in [2.05, 4.69) is 50.6 Å². The quantitative estimate of drug-likeness (QED) is 0.177. The van der Waals surface area contributed by atoms with Crippen LogP contribution in [0.5, 0.6) is 0 Å². The van der Waals surface area contributed by atoms with Crippen LogP contribution in [0.4, 0.5) is 0 Å². The van der Waals surface area contributed by atoms with Gasteiger partial charge in [0.2, 0.25) is 0 Å². The zero-order valence-electron chi connectivity index (χ0n) is 20.5. The Hall–Kier alpha value is -1.35. The van der Waals surface area contributed by atoms with Crippen LogP contribution in [0, 0.1) is 11.3 Å². The summed E-state index contributed by atoms with van der Waals surface area (Å²) < 4.78 is 6.10. The number of guanidine groups is 1. The van der Waals surface area contributed by atoms with Crippen LogP contribution in [0.25, 0.3) is 0 Å². The summed E-state index contributed by atoms with van der Waals surface area (Å²) >= 11 is 0. The zero-order valence-corrected chi connectivity index (χ0v) is 22.8. The van der Waals surface area contributed by atoms with Crippen molar-refractivity contribution in [2.75, 3.05) is 26.2 Å². The van der Waals surface area contributed by atoms with E-state index in [0.29, 0.717) is 18.0 Å². The average molecular weight is 559 g/mol. The molecule has 1 amide bonds. The molecule has 1 aliphatic heterocycles. The third-order valence-electron chi connectivity index (χ3n) is 5.63. The number of rotatable bonds is 9. The van der Waals surface area contributed by atoms with Gasteiger partial charge < -0.3 is 20.7 Å². The van der Waals surface area contributed by atoms with Gasteiger partial charge in [0.15, 0.2) is 5.96 Å². The summed E-state index contributed by atoms with van der Waals surface area (Å²) in [4.78, 5) is 16.9. The first-order chi connectivity index (χ1) is 14.8. The third kappa shape index (κ3) is 9.65. The molecule has 1 saturated heterocycles. The number of benzene rings is 1. The summed E-state index contributed by atoms with van der Waals surface area (Å²) in [6, 6.07) is 7.71. The monoisotopic (exact) mass is 558 g/mol. The molecule has 182 valence electrons. The molecule has 0 radical (unpaired) electrons. The Labute approximate surface area is 211 Å². The van der Waals surface area contributed by atoms with E-state index in [1.807, 2.05) is 24.3 Å². The molecule has 2 atom stereocenters. The normalized spacial score (nSPS) is 19.1. The number of amides is 1. The van der Waals surface area contributed by atoms with E-state index >= 15 is 0 Å². The molecule has 0 spiro atoms. The fourth-order valence-electron chi connectivity index (χ4n) is 3.99. The van der Waals surface area contributed by atoms with Gasteiger partial charge in [0.1, 0.15) is 0 Å². The number of unbranched alkanes of at least 4 members (excludes halogenated alkanes) is 1. The van der Waals surface area contributed by atoms with Crippen LogP contribution in [0.2, 0.25) is 0 Å². The third-order valence-corrected chi connectivity index (χ3v) is 5.63. The number of hydrogen-bond donors (Lipinski definition) is 3. The Kier molecular flexibility index (Phi) is 13.2. The van der Waals surface area contributed by atoms with Crippen molar-refractivity contribution in [2.24, 2.45) is 16.3 Å². The van der Waals surface area contributed by atoms with Crippen LogP contribution in [0.1, 0.15) is 76.2 Å². The van der Waals surface area contributed by atoms with Gasteiger partial charge in [-0.25, -0.2) is 4.99 Å². The fraction of sp³-hybridized carbons (Fsp3) is 0.680. The van der Waals surface area contributed by atoms with Crippen molar-refractivity contribution in [1.29, 1.82) is 0 Å². The molecule has 0 aromatic heterocycles. The molecule has 1 aromatic rings. The molecule has 1 heterocycles. The minimum absolute atomic E-state index is 0. The Morgan fingerprint density at radius 1 is 1.12 bits per heavy atom. The van der Waals surface area contributed by atoms with E-state index in [4.69, 9.17) is 9.73 Å². The Balaban J connectivity index is 0.00000512. The van der Waals surface area contributed by atoms with Crippen molar-refractivity contribution in [3.05, 3.63) is 35.4 Å². The summed E-state index contributed by atoms with van der Waals surface area (Å²) in [6.45, 7) is 14.8. The number of hydrogen-bond acceptors (Lipinski definition) is 3. The Morgan fingerprint density at radius 3 is 2.47 bits per heavy atom. The Bertz CT molecular complexity index is 701. The minimum Gasteiger partial charge on any atom is -0.377 e. The predicted molar refractivity (Wildman–Crippen MR) is 144 cm³/mol. The molecule has 32 heavy (non-hydrogen) atoms. The first kappa shape index (κ1) is 28.7. The lowest BCUT2D eigenvalue weighted by Crippen LogP contribution is -2.47. The molecule has 0 saturated carbocycles. The van der Waals surface area contributed by atoms with E-state index in [1.54, 1.807) is 0 Å². The maximum absolute atomic E-state index is 12.1. The van der Waals surface area contributed by atoms with Gasteiger partial charge >= 0.3 is 0 Å². The molecule has 2 unspecified atom stereocenters. The first-order valence-electron chi connectivity index (χ1n) is 11.9. The van der Waals surface area contributed by atoms with Crippen molar-refractivity contribution in [2.45, 2.75) is 73.0 Å². The molecule has 6 nitrogen and oxygen atoms in total. The largest absolute Gasteiger partial charge is 0.377 e. The highest BCUT2D eigenvalue weighted by Crippen LogP contribution is 2.33. The van der Waals surface area contributed by atoms with Crippen LogP contribution >= 0.6 is 24.0 Å². The fourth-order valence-corrected chi connectivity index (χ4v) is 3.99. The lowest BCUT2D eigenvalue weighted by molar-refractivity contribution is -0.0835. The second-order valence-corrected chi connectivity index (χ2v) is 9.44.